The first-order valence-electron chi connectivity index (χ1n) is 5.29. The quantitative estimate of drug-likeness (QED) is 0.885. The van der Waals surface area contributed by atoms with Crippen LogP contribution in [0.5, 0.6) is 0 Å². The molecule has 0 saturated heterocycles. The normalized spacial score (nSPS) is 10.4. The number of hydrogen-bond acceptors (Lipinski definition) is 1. The lowest BCUT2D eigenvalue weighted by Gasteiger charge is -2.10. The van der Waals surface area contributed by atoms with Gasteiger partial charge in [-0.3, -0.25) is 0 Å². The van der Waals surface area contributed by atoms with Gasteiger partial charge >= 0.3 is 5.97 Å². The third kappa shape index (κ3) is 2.22. The van der Waals surface area contributed by atoms with Gasteiger partial charge in [0.25, 0.3) is 0 Å². The molecule has 0 heterocycles. The first kappa shape index (κ1) is 12.6. The number of benzene rings is 2. The number of aryl methyl sites for hydroxylation is 1. The molecule has 2 aromatic rings. The van der Waals surface area contributed by atoms with Gasteiger partial charge < -0.3 is 5.11 Å². The van der Waals surface area contributed by atoms with E-state index in [1.165, 1.54) is 6.07 Å². The Kier molecular flexibility index (Phi) is 3.34. The molecule has 4 heteroatoms. The van der Waals surface area contributed by atoms with Crippen molar-refractivity contribution in [2.75, 3.05) is 0 Å². The average Bonchev–Trinajstić information content (AvgIpc) is 2.32. The third-order valence-corrected chi connectivity index (χ3v) is 3.02. The molecule has 18 heavy (non-hydrogen) atoms. The molecular weight excluding hydrogens is 255 g/mol. The molecular formula is C14H10ClFO2. The van der Waals surface area contributed by atoms with E-state index in [0.717, 1.165) is 6.07 Å². The van der Waals surface area contributed by atoms with Gasteiger partial charge in [-0.15, -0.1) is 0 Å². The van der Waals surface area contributed by atoms with Gasteiger partial charge in [0.15, 0.2) is 0 Å². The lowest BCUT2D eigenvalue weighted by molar-refractivity contribution is 0.0697. The van der Waals surface area contributed by atoms with Crippen LogP contribution in [0, 0.1) is 12.7 Å². The molecule has 0 unspecified atom stereocenters. The highest BCUT2D eigenvalue weighted by Gasteiger charge is 2.16. The van der Waals surface area contributed by atoms with Crippen LogP contribution in [0.4, 0.5) is 4.39 Å². The monoisotopic (exact) mass is 264 g/mol. The van der Waals surface area contributed by atoms with Crippen LogP contribution in [-0.4, -0.2) is 11.1 Å². The summed E-state index contributed by atoms with van der Waals surface area (Å²) in [4.78, 5) is 11.2. The summed E-state index contributed by atoms with van der Waals surface area (Å²) in [5.41, 5.74) is 1.30. The van der Waals surface area contributed by atoms with Gasteiger partial charge in [0, 0.05) is 10.6 Å². The van der Waals surface area contributed by atoms with Crippen molar-refractivity contribution in [2.24, 2.45) is 0 Å². The summed E-state index contributed by atoms with van der Waals surface area (Å²) in [6, 6.07) is 9.41. The molecule has 0 fully saturated rings. The maximum atomic E-state index is 13.4. The number of halogens is 2. The molecule has 0 aliphatic carbocycles. The molecule has 0 aliphatic rings. The summed E-state index contributed by atoms with van der Waals surface area (Å²) in [5, 5.41) is 9.56. The standard InChI is InChI=1S/C14H10ClFO2/c1-8-6-10(9-4-2-3-5-12(9)15)11(14(17)18)7-13(8)16/h2-7H,1H3,(H,17,18). The Morgan fingerprint density at radius 3 is 2.50 bits per heavy atom. The third-order valence-electron chi connectivity index (χ3n) is 2.69. The van der Waals surface area contributed by atoms with Crippen molar-refractivity contribution in [3.8, 4) is 11.1 Å². The summed E-state index contributed by atoms with van der Waals surface area (Å²) in [6.45, 7) is 1.58. The molecule has 0 atom stereocenters. The number of carboxylic acids is 1. The number of aromatic carboxylic acids is 1. The fraction of sp³-hybridized carbons (Fsp3) is 0.0714. The fourth-order valence-electron chi connectivity index (χ4n) is 1.76. The van der Waals surface area contributed by atoms with E-state index in [4.69, 9.17) is 16.7 Å². The maximum Gasteiger partial charge on any atom is 0.336 e. The molecule has 0 aliphatic heterocycles. The van der Waals surface area contributed by atoms with Crippen LogP contribution in [0.2, 0.25) is 5.02 Å². The molecule has 0 aromatic heterocycles. The van der Waals surface area contributed by atoms with Gasteiger partial charge in [0.2, 0.25) is 0 Å². The van der Waals surface area contributed by atoms with Gasteiger partial charge in [-0.05, 0) is 36.2 Å². The Labute approximate surface area is 109 Å². The van der Waals surface area contributed by atoms with Crippen LogP contribution >= 0.6 is 11.6 Å². The van der Waals surface area contributed by atoms with Crippen LogP contribution in [0.15, 0.2) is 36.4 Å². The largest absolute Gasteiger partial charge is 0.478 e. The van der Waals surface area contributed by atoms with Crippen LogP contribution in [0.25, 0.3) is 11.1 Å². The Balaban J connectivity index is 2.74. The number of rotatable bonds is 2. The second-order valence-corrected chi connectivity index (χ2v) is 4.34. The van der Waals surface area contributed by atoms with E-state index in [-0.39, 0.29) is 5.56 Å². The van der Waals surface area contributed by atoms with Crippen LogP contribution in [-0.2, 0) is 0 Å². The summed E-state index contributed by atoms with van der Waals surface area (Å²) in [6.07, 6.45) is 0. The Bertz CT molecular complexity index is 623. The van der Waals surface area contributed by atoms with Crippen molar-refractivity contribution in [3.63, 3.8) is 0 Å². The van der Waals surface area contributed by atoms with E-state index >= 15 is 0 Å². The minimum atomic E-state index is -1.18. The van der Waals surface area contributed by atoms with E-state index in [1.807, 2.05) is 0 Å². The first-order chi connectivity index (χ1) is 8.50. The fourth-order valence-corrected chi connectivity index (χ4v) is 2.00. The highest BCUT2D eigenvalue weighted by Crippen LogP contribution is 2.32. The van der Waals surface area contributed by atoms with Crippen LogP contribution in [0.3, 0.4) is 0 Å². The average molecular weight is 265 g/mol. The first-order valence-corrected chi connectivity index (χ1v) is 5.67. The molecule has 92 valence electrons. The van der Waals surface area contributed by atoms with Gasteiger partial charge in [0.1, 0.15) is 5.82 Å². The van der Waals surface area contributed by atoms with Crippen molar-refractivity contribution < 1.29 is 14.3 Å². The summed E-state index contributed by atoms with van der Waals surface area (Å²) >= 11 is 6.04. The molecule has 2 aromatic carbocycles. The highest BCUT2D eigenvalue weighted by molar-refractivity contribution is 6.33. The zero-order valence-corrected chi connectivity index (χ0v) is 10.3. The predicted octanol–water partition coefficient (Wildman–Crippen LogP) is 4.15. The van der Waals surface area contributed by atoms with Crippen molar-refractivity contribution >= 4 is 17.6 Å². The van der Waals surface area contributed by atoms with Crippen LogP contribution in [0.1, 0.15) is 15.9 Å². The molecule has 0 saturated carbocycles. The molecule has 0 amide bonds. The molecule has 0 radical (unpaired) electrons. The molecule has 0 spiro atoms. The van der Waals surface area contributed by atoms with E-state index in [0.29, 0.717) is 21.7 Å². The van der Waals surface area contributed by atoms with Gasteiger partial charge in [-0.1, -0.05) is 29.8 Å². The Morgan fingerprint density at radius 2 is 1.89 bits per heavy atom. The maximum absolute atomic E-state index is 13.4. The van der Waals surface area contributed by atoms with Crippen molar-refractivity contribution in [3.05, 3.63) is 58.4 Å². The second-order valence-electron chi connectivity index (χ2n) is 3.93. The van der Waals surface area contributed by atoms with E-state index in [1.54, 1.807) is 31.2 Å². The van der Waals surface area contributed by atoms with Gasteiger partial charge in [-0.25, -0.2) is 9.18 Å². The van der Waals surface area contributed by atoms with Crippen molar-refractivity contribution in [1.29, 1.82) is 0 Å². The van der Waals surface area contributed by atoms with E-state index < -0.39 is 11.8 Å². The van der Waals surface area contributed by atoms with Crippen molar-refractivity contribution in [1.82, 2.24) is 0 Å². The molecule has 2 rings (SSSR count). The number of hydrogen-bond donors (Lipinski definition) is 1. The molecule has 2 nitrogen and oxygen atoms in total. The zero-order chi connectivity index (χ0) is 13.3. The summed E-state index contributed by atoms with van der Waals surface area (Å²) in [7, 11) is 0. The lowest BCUT2D eigenvalue weighted by Crippen LogP contribution is -2.02. The Morgan fingerprint density at radius 1 is 1.22 bits per heavy atom. The number of carboxylic acid groups (broad SMARTS) is 1. The topological polar surface area (TPSA) is 37.3 Å². The Hall–Kier alpha value is -1.87. The van der Waals surface area contributed by atoms with Gasteiger partial charge in [-0.2, -0.15) is 0 Å². The van der Waals surface area contributed by atoms with E-state index in [9.17, 15) is 9.18 Å². The summed E-state index contributed by atoms with van der Waals surface area (Å²) in [5.74, 6) is -1.72. The lowest BCUT2D eigenvalue weighted by atomic mass is 9.97. The number of carbonyl (C=O) groups is 1. The van der Waals surface area contributed by atoms with Crippen LogP contribution < -0.4 is 0 Å². The molecule has 1 N–H and O–H groups in total. The summed E-state index contributed by atoms with van der Waals surface area (Å²) < 4.78 is 13.4. The smallest absolute Gasteiger partial charge is 0.336 e. The predicted molar refractivity (Wildman–Crippen MR) is 68.5 cm³/mol. The van der Waals surface area contributed by atoms with E-state index in [2.05, 4.69) is 0 Å². The van der Waals surface area contributed by atoms with Gasteiger partial charge in [0.05, 0.1) is 5.56 Å². The highest BCUT2D eigenvalue weighted by atomic mass is 35.5. The second kappa shape index (κ2) is 4.78. The zero-order valence-electron chi connectivity index (χ0n) is 9.58. The molecule has 0 bridgehead atoms. The minimum Gasteiger partial charge on any atom is -0.478 e. The SMILES string of the molecule is Cc1cc(-c2ccccc2Cl)c(C(=O)O)cc1F. The van der Waals surface area contributed by atoms with Crippen molar-refractivity contribution in [2.45, 2.75) is 6.92 Å². The minimum absolute atomic E-state index is 0.0915.